The Hall–Kier alpha value is -2.76. The van der Waals surface area contributed by atoms with Gasteiger partial charge in [0.2, 0.25) is 10.0 Å². The molecule has 2 aromatic rings. The molecule has 0 aromatic heterocycles. The van der Waals surface area contributed by atoms with Crippen LogP contribution < -0.4 is 10.6 Å². The molecule has 2 aromatic carbocycles. The summed E-state index contributed by atoms with van der Waals surface area (Å²) in [4.78, 5) is 36.5. The van der Waals surface area contributed by atoms with Gasteiger partial charge in [-0.1, -0.05) is 22.0 Å². The van der Waals surface area contributed by atoms with Gasteiger partial charge in [-0.3, -0.25) is 14.4 Å². The number of ether oxygens (including phenoxy) is 1. The van der Waals surface area contributed by atoms with Crippen LogP contribution in [0.4, 0.5) is 5.69 Å². The van der Waals surface area contributed by atoms with Gasteiger partial charge >= 0.3 is 5.97 Å². The average Bonchev–Trinajstić information content (AvgIpc) is 2.73. The first-order chi connectivity index (χ1) is 14.9. The fourth-order valence-electron chi connectivity index (χ4n) is 2.49. The normalized spacial score (nSPS) is 12.2. The summed E-state index contributed by atoms with van der Waals surface area (Å²) in [6.45, 7) is 2.66. The summed E-state index contributed by atoms with van der Waals surface area (Å²) >= 11 is 3.27. The molecule has 0 bridgehead atoms. The molecule has 0 aliphatic heterocycles. The van der Waals surface area contributed by atoms with E-state index < -0.39 is 40.5 Å². The number of rotatable bonds is 8. The van der Waals surface area contributed by atoms with E-state index in [1.165, 1.54) is 33.2 Å². The number of aryl methyl sites for hydroxylation is 1. The SMILES string of the molecule is Cc1ccc(S(=O)(=O)N(C)C)cc1NC(=O)C(C)OC(=O)CNC(=O)c1ccc(Br)cc1. The van der Waals surface area contributed by atoms with E-state index in [1.54, 1.807) is 37.3 Å². The molecule has 0 spiro atoms. The Morgan fingerprint density at radius 1 is 1.09 bits per heavy atom. The molecular weight excluding hydrogens is 502 g/mol. The smallest absolute Gasteiger partial charge is 0.326 e. The number of amides is 2. The lowest BCUT2D eigenvalue weighted by Gasteiger charge is -2.17. The van der Waals surface area contributed by atoms with Crippen LogP contribution in [-0.4, -0.2) is 57.3 Å². The van der Waals surface area contributed by atoms with E-state index >= 15 is 0 Å². The molecule has 1 unspecified atom stereocenters. The number of carbonyl (C=O) groups excluding carboxylic acids is 3. The van der Waals surface area contributed by atoms with Gasteiger partial charge in [0.05, 0.1) is 4.90 Å². The van der Waals surface area contributed by atoms with E-state index in [9.17, 15) is 22.8 Å². The van der Waals surface area contributed by atoms with Crippen molar-refractivity contribution in [2.24, 2.45) is 0 Å². The largest absolute Gasteiger partial charge is 0.451 e. The van der Waals surface area contributed by atoms with Crippen molar-refractivity contribution in [2.45, 2.75) is 24.8 Å². The molecule has 0 saturated heterocycles. The molecule has 11 heteroatoms. The molecule has 0 aliphatic carbocycles. The summed E-state index contributed by atoms with van der Waals surface area (Å²) in [6, 6.07) is 10.9. The third kappa shape index (κ3) is 6.62. The molecule has 2 amide bonds. The Labute approximate surface area is 195 Å². The minimum Gasteiger partial charge on any atom is -0.451 e. The minimum absolute atomic E-state index is 0.0173. The van der Waals surface area contributed by atoms with Crippen molar-refractivity contribution in [1.29, 1.82) is 0 Å². The fraction of sp³-hybridized carbons (Fsp3) is 0.286. The summed E-state index contributed by atoms with van der Waals surface area (Å²) < 4.78 is 31.6. The Bertz CT molecular complexity index is 1120. The van der Waals surface area contributed by atoms with E-state index in [0.717, 1.165) is 8.78 Å². The molecular formula is C21H24BrN3O6S. The lowest BCUT2D eigenvalue weighted by Crippen LogP contribution is -2.36. The molecule has 9 nitrogen and oxygen atoms in total. The molecule has 0 aliphatic rings. The molecule has 32 heavy (non-hydrogen) atoms. The van der Waals surface area contributed by atoms with Crippen molar-refractivity contribution in [1.82, 2.24) is 9.62 Å². The van der Waals surface area contributed by atoms with E-state index in [1.807, 2.05) is 0 Å². The highest BCUT2D eigenvalue weighted by Gasteiger charge is 2.22. The van der Waals surface area contributed by atoms with Gasteiger partial charge in [-0.05, 0) is 55.8 Å². The first kappa shape index (κ1) is 25.5. The number of carbonyl (C=O) groups is 3. The summed E-state index contributed by atoms with van der Waals surface area (Å²) in [6.07, 6.45) is -1.17. The van der Waals surface area contributed by atoms with Crippen LogP contribution in [0.15, 0.2) is 51.8 Å². The molecule has 2 N–H and O–H groups in total. The second-order valence-electron chi connectivity index (χ2n) is 7.08. The number of esters is 1. The lowest BCUT2D eigenvalue weighted by atomic mass is 10.2. The number of nitrogens with one attached hydrogen (secondary N) is 2. The second kappa shape index (κ2) is 10.7. The highest BCUT2D eigenvalue weighted by Crippen LogP contribution is 2.22. The fourth-order valence-corrected chi connectivity index (χ4v) is 3.68. The zero-order valence-electron chi connectivity index (χ0n) is 18.0. The van der Waals surface area contributed by atoms with E-state index in [2.05, 4.69) is 26.6 Å². The van der Waals surface area contributed by atoms with E-state index in [-0.39, 0.29) is 10.6 Å². The summed E-state index contributed by atoms with van der Waals surface area (Å²) in [5, 5.41) is 5.00. The van der Waals surface area contributed by atoms with Crippen LogP contribution in [0.5, 0.6) is 0 Å². The van der Waals surface area contributed by atoms with Gasteiger partial charge in [-0.2, -0.15) is 0 Å². The molecule has 0 heterocycles. The van der Waals surface area contributed by atoms with Crippen molar-refractivity contribution in [2.75, 3.05) is 26.0 Å². The summed E-state index contributed by atoms with van der Waals surface area (Å²) in [7, 11) is -0.864. The first-order valence-corrected chi connectivity index (χ1v) is 11.7. The zero-order valence-corrected chi connectivity index (χ0v) is 20.4. The maximum Gasteiger partial charge on any atom is 0.326 e. The molecule has 1 atom stereocenters. The zero-order chi connectivity index (χ0) is 24.1. The molecule has 0 saturated carbocycles. The number of benzene rings is 2. The van der Waals surface area contributed by atoms with Crippen molar-refractivity contribution < 1.29 is 27.5 Å². The average molecular weight is 526 g/mol. The number of sulfonamides is 1. The Balaban J connectivity index is 1.96. The number of anilines is 1. The van der Waals surface area contributed by atoms with E-state index in [4.69, 9.17) is 4.74 Å². The monoisotopic (exact) mass is 525 g/mol. The predicted octanol–water partition coefficient (Wildman–Crippen LogP) is 2.31. The standard InChI is InChI=1S/C21H24BrN3O6S/c1-13-5-10-17(32(29,30)25(3)4)11-18(13)24-20(27)14(2)31-19(26)12-23-21(28)15-6-8-16(22)9-7-15/h5-11,14H,12H2,1-4H3,(H,23,28)(H,24,27). The predicted molar refractivity (Wildman–Crippen MR) is 123 cm³/mol. The van der Waals surface area contributed by atoms with Crippen LogP contribution in [0.25, 0.3) is 0 Å². The van der Waals surface area contributed by atoms with Crippen LogP contribution >= 0.6 is 15.9 Å². The number of hydrogen-bond acceptors (Lipinski definition) is 6. The second-order valence-corrected chi connectivity index (χ2v) is 10.1. The van der Waals surface area contributed by atoms with Crippen LogP contribution in [0.1, 0.15) is 22.8 Å². The lowest BCUT2D eigenvalue weighted by molar-refractivity contribution is -0.152. The number of halogens is 1. The number of nitrogens with zero attached hydrogens (tertiary/aromatic N) is 1. The van der Waals surface area contributed by atoms with Gasteiger partial charge in [-0.15, -0.1) is 0 Å². The van der Waals surface area contributed by atoms with Gasteiger partial charge < -0.3 is 15.4 Å². The quantitative estimate of drug-likeness (QED) is 0.510. The van der Waals surface area contributed by atoms with Crippen LogP contribution in [0, 0.1) is 6.92 Å². The van der Waals surface area contributed by atoms with Crippen LogP contribution in [-0.2, 0) is 24.3 Å². The van der Waals surface area contributed by atoms with Gasteiger partial charge in [0.1, 0.15) is 6.54 Å². The summed E-state index contributed by atoms with van der Waals surface area (Å²) in [5.41, 5.74) is 1.29. The van der Waals surface area contributed by atoms with E-state index in [0.29, 0.717) is 11.1 Å². The highest BCUT2D eigenvalue weighted by atomic mass is 79.9. The Kier molecular flexibility index (Phi) is 8.53. The third-order valence-electron chi connectivity index (χ3n) is 4.42. The van der Waals surface area contributed by atoms with Gasteiger partial charge in [-0.25, -0.2) is 12.7 Å². The molecule has 172 valence electrons. The maximum atomic E-state index is 12.4. The van der Waals surface area contributed by atoms with Gasteiger partial charge in [0.25, 0.3) is 11.8 Å². The van der Waals surface area contributed by atoms with Crippen LogP contribution in [0.3, 0.4) is 0 Å². The number of hydrogen-bond donors (Lipinski definition) is 2. The molecule has 0 radical (unpaired) electrons. The van der Waals surface area contributed by atoms with Gasteiger partial charge in [0.15, 0.2) is 6.10 Å². The van der Waals surface area contributed by atoms with Crippen molar-refractivity contribution in [3.05, 3.63) is 58.1 Å². The van der Waals surface area contributed by atoms with Crippen LogP contribution in [0.2, 0.25) is 0 Å². The molecule has 2 rings (SSSR count). The van der Waals surface area contributed by atoms with Crippen molar-refractivity contribution in [3.8, 4) is 0 Å². The minimum atomic E-state index is -3.68. The third-order valence-corrected chi connectivity index (χ3v) is 6.76. The highest BCUT2D eigenvalue weighted by molar-refractivity contribution is 9.10. The molecule has 0 fully saturated rings. The maximum absolute atomic E-state index is 12.4. The topological polar surface area (TPSA) is 122 Å². The summed E-state index contributed by atoms with van der Waals surface area (Å²) in [5.74, 6) is -1.89. The van der Waals surface area contributed by atoms with Crippen molar-refractivity contribution in [3.63, 3.8) is 0 Å². The van der Waals surface area contributed by atoms with Crippen molar-refractivity contribution >= 4 is 49.4 Å². The Morgan fingerprint density at radius 2 is 1.72 bits per heavy atom. The first-order valence-electron chi connectivity index (χ1n) is 9.49. The Morgan fingerprint density at radius 3 is 2.31 bits per heavy atom. The van der Waals surface area contributed by atoms with Gasteiger partial charge in [0, 0.05) is 29.8 Å².